The number of pyridine rings is 1. The fourth-order valence-electron chi connectivity index (χ4n) is 2.20. The standard InChI is InChI=1S/C11H12N4O/c1-2-4-13-10(3-1)8-5-12-6-9(8)11-14-7-16-15-11/h1-4,7-9,12H,5-6H2. The molecule has 2 unspecified atom stereocenters. The van der Waals surface area contributed by atoms with E-state index in [2.05, 4.69) is 20.4 Å². The quantitative estimate of drug-likeness (QED) is 0.809. The van der Waals surface area contributed by atoms with E-state index >= 15 is 0 Å². The average molecular weight is 216 g/mol. The second-order valence-electron chi connectivity index (χ2n) is 3.92. The van der Waals surface area contributed by atoms with Crippen LogP contribution in [0.1, 0.15) is 23.4 Å². The minimum atomic E-state index is 0.258. The summed E-state index contributed by atoms with van der Waals surface area (Å²) >= 11 is 0. The molecule has 3 rings (SSSR count). The lowest BCUT2D eigenvalue weighted by molar-refractivity contribution is 0.402. The van der Waals surface area contributed by atoms with Crippen LogP contribution < -0.4 is 5.32 Å². The Morgan fingerprint density at radius 3 is 2.88 bits per heavy atom. The van der Waals surface area contributed by atoms with E-state index < -0.39 is 0 Å². The molecule has 1 N–H and O–H groups in total. The van der Waals surface area contributed by atoms with Crippen molar-refractivity contribution in [2.75, 3.05) is 13.1 Å². The molecular weight excluding hydrogens is 204 g/mol. The Labute approximate surface area is 92.9 Å². The number of hydrogen-bond donors (Lipinski definition) is 1. The van der Waals surface area contributed by atoms with Gasteiger partial charge in [0.05, 0.1) is 0 Å². The smallest absolute Gasteiger partial charge is 0.213 e. The molecule has 1 saturated heterocycles. The summed E-state index contributed by atoms with van der Waals surface area (Å²) in [5.74, 6) is 1.35. The van der Waals surface area contributed by atoms with Crippen LogP contribution in [0.25, 0.3) is 0 Å². The van der Waals surface area contributed by atoms with Gasteiger partial charge in [-0.1, -0.05) is 11.2 Å². The van der Waals surface area contributed by atoms with Crippen LogP contribution in [0, 0.1) is 0 Å². The van der Waals surface area contributed by atoms with Gasteiger partial charge < -0.3 is 9.84 Å². The molecule has 0 saturated carbocycles. The van der Waals surface area contributed by atoms with Gasteiger partial charge in [-0.05, 0) is 12.1 Å². The third-order valence-corrected chi connectivity index (χ3v) is 2.99. The predicted octanol–water partition coefficient (Wildman–Crippen LogP) is 0.935. The zero-order valence-corrected chi connectivity index (χ0v) is 8.71. The summed E-state index contributed by atoms with van der Waals surface area (Å²) in [7, 11) is 0. The normalized spacial score (nSPS) is 24.8. The Bertz CT molecular complexity index is 442. The lowest BCUT2D eigenvalue weighted by atomic mass is 9.92. The molecule has 1 aliphatic heterocycles. The maximum atomic E-state index is 4.80. The molecule has 1 aliphatic rings. The largest absolute Gasteiger partial charge is 0.343 e. The Balaban J connectivity index is 1.90. The minimum absolute atomic E-state index is 0.258. The first-order valence-corrected chi connectivity index (χ1v) is 5.33. The molecule has 5 heteroatoms. The number of hydrogen-bond acceptors (Lipinski definition) is 5. The number of aromatic nitrogens is 3. The van der Waals surface area contributed by atoms with Crippen molar-refractivity contribution >= 4 is 0 Å². The van der Waals surface area contributed by atoms with Gasteiger partial charge in [0.25, 0.3) is 0 Å². The van der Waals surface area contributed by atoms with E-state index in [0.29, 0.717) is 5.92 Å². The third kappa shape index (κ3) is 1.59. The molecule has 5 nitrogen and oxygen atoms in total. The number of nitrogens with zero attached hydrogens (tertiary/aromatic N) is 3. The molecule has 0 aliphatic carbocycles. The van der Waals surface area contributed by atoms with Crippen molar-refractivity contribution in [1.82, 2.24) is 20.4 Å². The second kappa shape index (κ2) is 4.02. The molecular formula is C11H12N4O. The minimum Gasteiger partial charge on any atom is -0.343 e. The third-order valence-electron chi connectivity index (χ3n) is 2.99. The van der Waals surface area contributed by atoms with E-state index in [1.807, 2.05) is 24.4 Å². The molecule has 82 valence electrons. The van der Waals surface area contributed by atoms with Crippen molar-refractivity contribution < 1.29 is 4.52 Å². The van der Waals surface area contributed by atoms with Gasteiger partial charge in [-0.2, -0.15) is 4.98 Å². The van der Waals surface area contributed by atoms with Crippen molar-refractivity contribution in [1.29, 1.82) is 0 Å². The van der Waals surface area contributed by atoms with Crippen LogP contribution in [0.2, 0.25) is 0 Å². The van der Waals surface area contributed by atoms with Gasteiger partial charge in [0.2, 0.25) is 6.39 Å². The first-order chi connectivity index (χ1) is 7.95. The van der Waals surface area contributed by atoms with Crippen molar-refractivity contribution in [2.24, 2.45) is 0 Å². The van der Waals surface area contributed by atoms with E-state index in [-0.39, 0.29) is 5.92 Å². The highest BCUT2D eigenvalue weighted by Crippen LogP contribution is 2.32. The lowest BCUT2D eigenvalue weighted by Gasteiger charge is -2.14. The topological polar surface area (TPSA) is 63.8 Å². The van der Waals surface area contributed by atoms with E-state index in [0.717, 1.165) is 24.6 Å². The summed E-state index contributed by atoms with van der Waals surface area (Å²) in [5, 5.41) is 7.27. The molecule has 3 heterocycles. The zero-order chi connectivity index (χ0) is 10.8. The molecule has 1 fully saturated rings. The molecule has 0 spiro atoms. The van der Waals surface area contributed by atoms with Crippen molar-refractivity contribution in [3.05, 3.63) is 42.3 Å². The molecule has 0 aromatic carbocycles. The Morgan fingerprint density at radius 1 is 1.19 bits per heavy atom. The van der Waals surface area contributed by atoms with Crippen LogP contribution in [0.4, 0.5) is 0 Å². The predicted molar refractivity (Wildman–Crippen MR) is 56.9 cm³/mol. The molecule has 16 heavy (non-hydrogen) atoms. The molecule has 2 atom stereocenters. The van der Waals surface area contributed by atoms with Gasteiger partial charge in [0.15, 0.2) is 5.82 Å². The van der Waals surface area contributed by atoms with Gasteiger partial charge in [0, 0.05) is 36.8 Å². The molecule has 0 amide bonds. The molecule has 0 bridgehead atoms. The summed E-state index contributed by atoms with van der Waals surface area (Å²) in [4.78, 5) is 8.52. The molecule has 0 radical (unpaired) electrons. The fraction of sp³-hybridized carbons (Fsp3) is 0.364. The Morgan fingerprint density at radius 2 is 2.12 bits per heavy atom. The summed E-state index contributed by atoms with van der Waals surface area (Å²) in [6.45, 7) is 1.79. The fourth-order valence-corrected chi connectivity index (χ4v) is 2.20. The highest BCUT2D eigenvalue weighted by molar-refractivity contribution is 5.19. The van der Waals surface area contributed by atoms with Crippen LogP contribution in [-0.4, -0.2) is 28.2 Å². The van der Waals surface area contributed by atoms with Crippen LogP contribution in [0.15, 0.2) is 35.3 Å². The van der Waals surface area contributed by atoms with Crippen LogP contribution in [-0.2, 0) is 0 Å². The van der Waals surface area contributed by atoms with E-state index in [1.54, 1.807) is 0 Å². The average Bonchev–Trinajstić information content (AvgIpc) is 3.01. The highest BCUT2D eigenvalue weighted by Gasteiger charge is 2.33. The van der Waals surface area contributed by atoms with Crippen LogP contribution in [0.5, 0.6) is 0 Å². The maximum absolute atomic E-state index is 4.80. The van der Waals surface area contributed by atoms with Crippen molar-refractivity contribution in [3.8, 4) is 0 Å². The maximum Gasteiger partial charge on any atom is 0.213 e. The lowest BCUT2D eigenvalue weighted by Crippen LogP contribution is -2.11. The van der Waals surface area contributed by atoms with Crippen molar-refractivity contribution in [2.45, 2.75) is 11.8 Å². The van der Waals surface area contributed by atoms with Gasteiger partial charge >= 0.3 is 0 Å². The van der Waals surface area contributed by atoms with E-state index in [9.17, 15) is 0 Å². The van der Waals surface area contributed by atoms with Crippen LogP contribution in [0.3, 0.4) is 0 Å². The number of nitrogens with one attached hydrogen (secondary N) is 1. The van der Waals surface area contributed by atoms with Crippen LogP contribution >= 0.6 is 0 Å². The van der Waals surface area contributed by atoms with Gasteiger partial charge in [-0.15, -0.1) is 0 Å². The van der Waals surface area contributed by atoms with Crippen molar-refractivity contribution in [3.63, 3.8) is 0 Å². The van der Waals surface area contributed by atoms with Gasteiger partial charge in [-0.3, -0.25) is 4.98 Å². The van der Waals surface area contributed by atoms with E-state index in [4.69, 9.17) is 4.52 Å². The second-order valence-corrected chi connectivity index (χ2v) is 3.92. The first kappa shape index (κ1) is 9.47. The monoisotopic (exact) mass is 216 g/mol. The van der Waals surface area contributed by atoms with Gasteiger partial charge in [-0.25, -0.2) is 0 Å². The summed E-state index contributed by atoms with van der Waals surface area (Å²) < 4.78 is 4.80. The Hall–Kier alpha value is -1.75. The summed E-state index contributed by atoms with van der Waals surface area (Å²) in [6.07, 6.45) is 3.20. The molecule has 2 aromatic rings. The summed E-state index contributed by atoms with van der Waals surface area (Å²) in [5.41, 5.74) is 1.09. The first-order valence-electron chi connectivity index (χ1n) is 5.33. The molecule has 2 aromatic heterocycles. The summed E-state index contributed by atoms with van der Waals surface area (Å²) in [6, 6.07) is 5.98. The van der Waals surface area contributed by atoms with E-state index in [1.165, 1.54) is 6.39 Å². The zero-order valence-electron chi connectivity index (χ0n) is 8.71. The van der Waals surface area contributed by atoms with Gasteiger partial charge in [0.1, 0.15) is 0 Å². The number of rotatable bonds is 2. The SMILES string of the molecule is c1ccc(C2CNCC2c2ncon2)nc1. The Kier molecular flexibility index (Phi) is 2.38. The highest BCUT2D eigenvalue weighted by atomic mass is 16.5.